The van der Waals surface area contributed by atoms with Gasteiger partial charge in [-0.05, 0) is 56.2 Å². The number of halogens is 1. The van der Waals surface area contributed by atoms with Crippen molar-refractivity contribution in [2.75, 3.05) is 13.1 Å². The van der Waals surface area contributed by atoms with Crippen molar-refractivity contribution >= 4 is 29.9 Å². The highest BCUT2D eigenvalue weighted by molar-refractivity contribution is 14.0. The van der Waals surface area contributed by atoms with Gasteiger partial charge in [-0.15, -0.1) is 24.0 Å². The van der Waals surface area contributed by atoms with Crippen molar-refractivity contribution in [3.05, 3.63) is 72.4 Å². The van der Waals surface area contributed by atoms with E-state index >= 15 is 0 Å². The Morgan fingerprint density at radius 3 is 2.59 bits per heavy atom. The minimum absolute atomic E-state index is 0. The van der Waals surface area contributed by atoms with Gasteiger partial charge in [0.2, 0.25) is 0 Å². The number of pyridine rings is 1. The van der Waals surface area contributed by atoms with Gasteiger partial charge in [0.25, 0.3) is 0 Å². The summed E-state index contributed by atoms with van der Waals surface area (Å²) in [5, 5.41) is 16.9. The number of nitrogens with one attached hydrogen (secondary N) is 2. The lowest BCUT2D eigenvalue weighted by molar-refractivity contribution is 0.180. The maximum atomic E-state index is 10.5. The van der Waals surface area contributed by atoms with E-state index in [-0.39, 0.29) is 30.1 Å². The summed E-state index contributed by atoms with van der Waals surface area (Å²) in [5.41, 5.74) is 1.84. The minimum Gasteiger partial charge on any atom is -0.491 e. The summed E-state index contributed by atoms with van der Waals surface area (Å²) in [4.78, 5) is 13.0. The first-order chi connectivity index (χ1) is 15.0. The van der Waals surface area contributed by atoms with Crippen molar-refractivity contribution in [2.24, 2.45) is 4.99 Å². The third-order valence-corrected chi connectivity index (χ3v) is 4.44. The van der Waals surface area contributed by atoms with Gasteiger partial charge in [-0.3, -0.25) is 4.57 Å². The fraction of sp³-hybridized carbons (Fsp3) is 0.348. The summed E-state index contributed by atoms with van der Waals surface area (Å²) in [7, 11) is 0. The average Bonchev–Trinajstić information content (AvgIpc) is 3.31. The van der Waals surface area contributed by atoms with Crippen molar-refractivity contribution in [1.29, 1.82) is 0 Å². The summed E-state index contributed by atoms with van der Waals surface area (Å²) in [6.07, 6.45) is 6.50. The number of aliphatic hydroxyl groups is 1. The Kier molecular flexibility index (Phi) is 10.4. The molecule has 8 nitrogen and oxygen atoms in total. The van der Waals surface area contributed by atoms with Crippen molar-refractivity contribution in [1.82, 2.24) is 25.2 Å². The van der Waals surface area contributed by atoms with Crippen LogP contribution in [0.4, 0.5) is 0 Å². The van der Waals surface area contributed by atoms with Crippen LogP contribution in [-0.4, -0.2) is 44.8 Å². The molecule has 2 heterocycles. The van der Waals surface area contributed by atoms with Crippen LogP contribution in [0, 0.1) is 0 Å². The number of imidazole rings is 1. The second kappa shape index (κ2) is 13.0. The number of nitrogens with zero attached hydrogens (tertiary/aromatic N) is 4. The van der Waals surface area contributed by atoms with Crippen LogP contribution in [0.1, 0.15) is 38.0 Å². The molecule has 0 spiro atoms. The highest BCUT2D eigenvalue weighted by Crippen LogP contribution is 2.18. The predicted octanol–water partition coefficient (Wildman–Crippen LogP) is 3.46. The van der Waals surface area contributed by atoms with Crippen LogP contribution in [0.2, 0.25) is 0 Å². The standard InChI is InChI=1S/C23H30N6O2.HI/c1-4-25-23(27-14-18-9-10-26-22(13-18)29-12-11-24-16-29)28-15-21(30)19-5-7-20(8-6-19)31-17(2)3;/h5-13,16-17,21,30H,4,14-15H2,1-3H3,(H2,25,27,28);1H. The molecule has 0 aliphatic carbocycles. The molecule has 1 atom stereocenters. The highest BCUT2D eigenvalue weighted by atomic mass is 127. The smallest absolute Gasteiger partial charge is 0.191 e. The van der Waals surface area contributed by atoms with Gasteiger partial charge in [-0.1, -0.05) is 12.1 Å². The Morgan fingerprint density at radius 2 is 1.94 bits per heavy atom. The number of aromatic nitrogens is 3. The third-order valence-electron chi connectivity index (χ3n) is 4.44. The number of hydrogen-bond acceptors (Lipinski definition) is 5. The number of aliphatic imine (C=N–C) groups is 1. The maximum Gasteiger partial charge on any atom is 0.191 e. The quantitative estimate of drug-likeness (QED) is 0.215. The third kappa shape index (κ3) is 7.79. The molecular weight excluding hydrogens is 519 g/mol. The molecule has 1 aromatic carbocycles. The molecule has 32 heavy (non-hydrogen) atoms. The predicted molar refractivity (Wildman–Crippen MR) is 137 cm³/mol. The summed E-state index contributed by atoms with van der Waals surface area (Å²) < 4.78 is 7.50. The van der Waals surface area contributed by atoms with Gasteiger partial charge in [-0.25, -0.2) is 15.0 Å². The molecule has 3 aromatic rings. The van der Waals surface area contributed by atoms with E-state index in [9.17, 15) is 5.11 Å². The van der Waals surface area contributed by atoms with E-state index in [2.05, 4.69) is 25.6 Å². The maximum absolute atomic E-state index is 10.5. The Labute approximate surface area is 206 Å². The van der Waals surface area contributed by atoms with Gasteiger partial charge >= 0.3 is 0 Å². The van der Waals surface area contributed by atoms with E-state index in [4.69, 9.17) is 4.74 Å². The normalized spacial score (nSPS) is 12.2. The SMILES string of the molecule is CCNC(=NCc1ccnc(-n2ccnc2)c1)NCC(O)c1ccc(OC(C)C)cc1.I. The van der Waals surface area contributed by atoms with E-state index in [1.807, 2.05) is 67.9 Å². The summed E-state index contributed by atoms with van der Waals surface area (Å²) >= 11 is 0. The molecule has 3 rings (SSSR count). The van der Waals surface area contributed by atoms with Crippen molar-refractivity contribution in [3.8, 4) is 11.6 Å². The minimum atomic E-state index is -0.661. The molecule has 1 unspecified atom stereocenters. The largest absolute Gasteiger partial charge is 0.491 e. The first-order valence-electron chi connectivity index (χ1n) is 10.4. The summed E-state index contributed by atoms with van der Waals surface area (Å²) in [6, 6.07) is 11.4. The summed E-state index contributed by atoms with van der Waals surface area (Å²) in [6.45, 7) is 7.52. The molecule has 172 valence electrons. The van der Waals surface area contributed by atoms with Crippen LogP contribution in [0.3, 0.4) is 0 Å². The zero-order valence-corrected chi connectivity index (χ0v) is 20.9. The second-order valence-corrected chi connectivity index (χ2v) is 7.32. The molecule has 0 bridgehead atoms. The Balaban J connectivity index is 0.00000363. The van der Waals surface area contributed by atoms with E-state index in [0.29, 0.717) is 19.0 Å². The van der Waals surface area contributed by atoms with E-state index in [1.54, 1.807) is 18.7 Å². The van der Waals surface area contributed by atoms with Crippen LogP contribution in [0.5, 0.6) is 5.75 Å². The summed E-state index contributed by atoms with van der Waals surface area (Å²) in [5.74, 6) is 2.23. The number of guanidine groups is 1. The molecule has 0 amide bonds. The molecule has 2 aromatic heterocycles. The molecule has 0 fully saturated rings. The fourth-order valence-corrected chi connectivity index (χ4v) is 2.96. The van der Waals surface area contributed by atoms with Gasteiger partial charge in [0.05, 0.1) is 18.8 Å². The highest BCUT2D eigenvalue weighted by Gasteiger charge is 2.09. The van der Waals surface area contributed by atoms with Crippen molar-refractivity contribution < 1.29 is 9.84 Å². The van der Waals surface area contributed by atoms with Gasteiger partial charge < -0.3 is 20.5 Å². The monoisotopic (exact) mass is 550 g/mol. The van der Waals surface area contributed by atoms with E-state index < -0.39 is 6.10 Å². The lowest BCUT2D eigenvalue weighted by Gasteiger charge is -2.16. The lowest BCUT2D eigenvalue weighted by atomic mass is 10.1. The lowest BCUT2D eigenvalue weighted by Crippen LogP contribution is -2.39. The first kappa shape index (κ1) is 25.6. The molecule has 0 aliphatic heterocycles. The van der Waals surface area contributed by atoms with Crippen LogP contribution in [-0.2, 0) is 6.54 Å². The second-order valence-electron chi connectivity index (χ2n) is 7.32. The van der Waals surface area contributed by atoms with Crippen LogP contribution >= 0.6 is 24.0 Å². The van der Waals surface area contributed by atoms with Gasteiger partial charge in [-0.2, -0.15) is 0 Å². The number of ether oxygens (including phenoxy) is 1. The molecule has 0 radical (unpaired) electrons. The topological polar surface area (TPSA) is 96.6 Å². The first-order valence-corrected chi connectivity index (χ1v) is 10.4. The van der Waals surface area contributed by atoms with Gasteiger partial charge in [0.1, 0.15) is 17.9 Å². The van der Waals surface area contributed by atoms with Crippen molar-refractivity contribution in [3.63, 3.8) is 0 Å². The Bertz CT molecular complexity index is 961. The molecule has 0 saturated carbocycles. The van der Waals surface area contributed by atoms with Crippen LogP contribution in [0.25, 0.3) is 5.82 Å². The zero-order valence-electron chi connectivity index (χ0n) is 18.6. The van der Waals surface area contributed by atoms with Gasteiger partial charge in [0, 0.05) is 31.7 Å². The van der Waals surface area contributed by atoms with E-state index in [1.165, 1.54) is 0 Å². The molecular formula is C23H31IN6O2. The molecule has 3 N–H and O–H groups in total. The number of benzene rings is 1. The molecule has 9 heteroatoms. The number of aliphatic hydroxyl groups excluding tert-OH is 1. The number of hydrogen-bond donors (Lipinski definition) is 3. The van der Waals surface area contributed by atoms with Gasteiger partial charge in [0.15, 0.2) is 5.96 Å². The van der Waals surface area contributed by atoms with Crippen molar-refractivity contribution in [2.45, 2.75) is 39.5 Å². The fourth-order valence-electron chi connectivity index (χ4n) is 2.96. The number of rotatable bonds is 9. The average molecular weight is 550 g/mol. The Hall–Kier alpha value is -2.66. The molecule has 0 saturated heterocycles. The van der Waals surface area contributed by atoms with Crippen LogP contribution < -0.4 is 15.4 Å². The zero-order chi connectivity index (χ0) is 22.1. The Morgan fingerprint density at radius 1 is 1.16 bits per heavy atom. The van der Waals surface area contributed by atoms with Crippen LogP contribution in [0.15, 0.2) is 66.3 Å². The molecule has 0 aliphatic rings. The van der Waals surface area contributed by atoms with E-state index in [0.717, 1.165) is 29.2 Å².